The van der Waals surface area contributed by atoms with Crippen LogP contribution in [0.15, 0.2) is 35.3 Å². The van der Waals surface area contributed by atoms with Gasteiger partial charge in [-0.1, -0.05) is 30.3 Å². The second-order valence-corrected chi connectivity index (χ2v) is 7.51. The van der Waals surface area contributed by atoms with Crippen molar-refractivity contribution < 1.29 is 14.3 Å². The minimum Gasteiger partial charge on any atom is -0.466 e. The molecule has 5 heteroatoms. The van der Waals surface area contributed by atoms with Crippen LogP contribution in [0.4, 0.5) is 0 Å². The number of methoxy groups -OCH3 is 1. The van der Waals surface area contributed by atoms with Crippen molar-refractivity contribution >= 4 is 11.9 Å². The molecule has 4 aliphatic rings. The normalized spacial score (nSPS) is 33.0. The van der Waals surface area contributed by atoms with Crippen LogP contribution in [0, 0.1) is 0 Å². The lowest BCUT2D eigenvalue weighted by Crippen LogP contribution is -2.34. The van der Waals surface area contributed by atoms with Crippen molar-refractivity contribution in [2.75, 3.05) is 13.7 Å². The monoisotopic (exact) mass is 326 g/mol. The smallest absolute Gasteiger partial charge is 0.349 e. The van der Waals surface area contributed by atoms with Crippen molar-refractivity contribution in [3.8, 4) is 0 Å². The highest BCUT2D eigenvalue weighted by Gasteiger charge is 2.74. The maximum Gasteiger partial charge on any atom is 0.349 e. The average Bonchev–Trinajstić information content (AvgIpc) is 3.53. The molecule has 0 radical (unpaired) electrons. The largest absolute Gasteiger partial charge is 0.466 e. The van der Waals surface area contributed by atoms with E-state index < -0.39 is 6.10 Å². The maximum atomic E-state index is 12.0. The first kappa shape index (κ1) is 14.5. The Morgan fingerprint density at radius 2 is 2.04 bits per heavy atom. The number of rotatable bonds is 5. The predicted molar refractivity (Wildman–Crippen MR) is 88.9 cm³/mol. The van der Waals surface area contributed by atoms with Gasteiger partial charge in [-0.05, 0) is 37.7 Å². The molecule has 24 heavy (non-hydrogen) atoms. The predicted octanol–water partition coefficient (Wildman–Crippen LogP) is 1.95. The average molecular weight is 326 g/mol. The minimum atomic E-state index is -0.523. The molecule has 2 spiro atoms. The van der Waals surface area contributed by atoms with E-state index in [-0.39, 0.29) is 23.1 Å². The summed E-state index contributed by atoms with van der Waals surface area (Å²) < 4.78 is 10.9. The van der Waals surface area contributed by atoms with E-state index in [0.29, 0.717) is 0 Å². The Kier molecular flexibility index (Phi) is 2.90. The van der Waals surface area contributed by atoms with E-state index >= 15 is 0 Å². The Morgan fingerprint density at radius 1 is 1.29 bits per heavy atom. The number of benzene rings is 1. The third-order valence-corrected chi connectivity index (χ3v) is 6.04. The van der Waals surface area contributed by atoms with Gasteiger partial charge in [-0.2, -0.15) is 0 Å². The number of hydrogen-bond donors (Lipinski definition) is 0. The van der Waals surface area contributed by atoms with Gasteiger partial charge in [-0.15, -0.1) is 0 Å². The number of carbonyl (C=O) groups is 1. The van der Waals surface area contributed by atoms with Gasteiger partial charge in [0.15, 0.2) is 0 Å². The number of nitrogens with zero attached hydrogens (tertiary/aromatic N) is 2. The first-order valence-electron chi connectivity index (χ1n) is 8.83. The zero-order chi connectivity index (χ0) is 16.4. The Labute approximate surface area is 141 Å². The molecule has 2 aliphatic carbocycles. The lowest BCUT2D eigenvalue weighted by Gasteiger charge is -2.13. The van der Waals surface area contributed by atoms with Crippen molar-refractivity contribution in [2.45, 2.75) is 55.3 Å². The fraction of sp³-hybridized carbons (Fsp3) is 0.579. The number of aliphatic imine (C=N–C) groups is 1. The fourth-order valence-electron chi connectivity index (χ4n) is 4.27. The summed E-state index contributed by atoms with van der Waals surface area (Å²) in [6, 6.07) is 10.8. The Morgan fingerprint density at radius 3 is 2.67 bits per heavy atom. The highest BCUT2D eigenvalue weighted by atomic mass is 16.6. The van der Waals surface area contributed by atoms with Crippen LogP contribution in [-0.4, -0.2) is 53.6 Å². The van der Waals surface area contributed by atoms with Crippen LogP contribution in [-0.2, 0) is 20.7 Å². The molecular formula is C19H22N2O3. The Hall–Kier alpha value is -1.88. The summed E-state index contributed by atoms with van der Waals surface area (Å²) in [5, 5.41) is 0. The second-order valence-electron chi connectivity index (χ2n) is 7.51. The summed E-state index contributed by atoms with van der Waals surface area (Å²) >= 11 is 0. The SMILES string of the molecule is COC(=O)C1OC(C2N(CCc3ccccc3)C23CC3)=NC12CC2. The number of hydrogen-bond acceptors (Lipinski definition) is 5. The Balaban J connectivity index is 1.29. The molecule has 1 saturated heterocycles. The molecule has 0 amide bonds. The quantitative estimate of drug-likeness (QED) is 0.613. The van der Waals surface area contributed by atoms with Gasteiger partial charge < -0.3 is 9.47 Å². The van der Waals surface area contributed by atoms with Crippen LogP contribution in [0.5, 0.6) is 0 Å². The van der Waals surface area contributed by atoms with E-state index in [1.54, 1.807) is 0 Å². The van der Waals surface area contributed by atoms with Gasteiger partial charge in [0.25, 0.3) is 0 Å². The summed E-state index contributed by atoms with van der Waals surface area (Å²) in [6.45, 7) is 1.02. The zero-order valence-electron chi connectivity index (χ0n) is 13.9. The van der Waals surface area contributed by atoms with Crippen molar-refractivity contribution in [3.05, 3.63) is 35.9 Å². The highest BCUT2D eigenvalue weighted by molar-refractivity contribution is 5.94. The van der Waals surface area contributed by atoms with E-state index in [9.17, 15) is 4.79 Å². The molecule has 2 aliphatic heterocycles. The van der Waals surface area contributed by atoms with Crippen molar-refractivity contribution in [3.63, 3.8) is 0 Å². The van der Waals surface area contributed by atoms with Crippen molar-refractivity contribution in [1.82, 2.24) is 4.90 Å². The van der Waals surface area contributed by atoms with Crippen molar-refractivity contribution in [1.29, 1.82) is 0 Å². The zero-order valence-corrected chi connectivity index (χ0v) is 13.9. The summed E-state index contributed by atoms with van der Waals surface area (Å²) in [5.74, 6) is 0.501. The molecule has 126 valence electrons. The number of ether oxygens (including phenoxy) is 2. The molecule has 0 aromatic heterocycles. The molecule has 2 saturated carbocycles. The first-order valence-corrected chi connectivity index (χ1v) is 8.83. The van der Waals surface area contributed by atoms with Gasteiger partial charge in [-0.25, -0.2) is 9.79 Å². The molecule has 0 bridgehead atoms. The molecule has 2 heterocycles. The standard InChI is InChI=1S/C19H22N2O3/c1-23-17(22)15-18(8-9-18)20-16(24-15)14-19(10-11-19)21(14)12-7-13-5-3-2-4-6-13/h2-6,14-15H,7-12H2,1H3. The molecule has 1 aromatic rings. The topological polar surface area (TPSA) is 50.9 Å². The van der Waals surface area contributed by atoms with Crippen LogP contribution in [0.1, 0.15) is 31.2 Å². The first-order chi connectivity index (χ1) is 11.7. The molecule has 0 N–H and O–H groups in total. The van der Waals surface area contributed by atoms with Crippen LogP contribution in [0.2, 0.25) is 0 Å². The molecule has 5 nitrogen and oxygen atoms in total. The van der Waals surface area contributed by atoms with E-state index in [0.717, 1.165) is 31.7 Å². The second kappa shape index (κ2) is 4.82. The summed E-state index contributed by atoms with van der Waals surface area (Å²) in [7, 11) is 1.42. The fourth-order valence-corrected chi connectivity index (χ4v) is 4.27. The van der Waals surface area contributed by atoms with Gasteiger partial charge in [0, 0.05) is 12.1 Å². The minimum absolute atomic E-state index is 0.272. The van der Waals surface area contributed by atoms with Crippen molar-refractivity contribution in [2.24, 2.45) is 4.99 Å². The van der Waals surface area contributed by atoms with Crippen LogP contribution in [0.3, 0.4) is 0 Å². The van der Waals surface area contributed by atoms with E-state index in [2.05, 4.69) is 35.2 Å². The molecule has 1 aromatic carbocycles. The highest BCUT2D eigenvalue weighted by Crippen LogP contribution is 2.62. The summed E-state index contributed by atoms with van der Waals surface area (Å²) in [4.78, 5) is 19.3. The van der Waals surface area contributed by atoms with Crippen LogP contribution < -0.4 is 0 Å². The number of carbonyl (C=O) groups excluding carboxylic acids is 1. The van der Waals surface area contributed by atoms with E-state index in [4.69, 9.17) is 14.5 Å². The van der Waals surface area contributed by atoms with Gasteiger partial charge in [0.2, 0.25) is 12.0 Å². The number of esters is 1. The van der Waals surface area contributed by atoms with Crippen LogP contribution >= 0.6 is 0 Å². The summed E-state index contributed by atoms with van der Waals surface area (Å²) in [6.07, 6.45) is 4.80. The third kappa shape index (κ3) is 2.04. The molecule has 5 rings (SSSR count). The lowest BCUT2D eigenvalue weighted by atomic mass is 10.1. The maximum absolute atomic E-state index is 12.0. The molecule has 3 unspecified atom stereocenters. The van der Waals surface area contributed by atoms with Gasteiger partial charge >= 0.3 is 5.97 Å². The third-order valence-electron chi connectivity index (χ3n) is 6.04. The van der Waals surface area contributed by atoms with Crippen LogP contribution in [0.25, 0.3) is 0 Å². The van der Waals surface area contributed by atoms with Gasteiger partial charge in [0.05, 0.1) is 7.11 Å². The lowest BCUT2D eigenvalue weighted by molar-refractivity contribution is -0.149. The molecular weight excluding hydrogens is 304 g/mol. The Bertz CT molecular complexity index is 707. The van der Waals surface area contributed by atoms with Gasteiger partial charge in [-0.3, -0.25) is 4.90 Å². The molecule has 3 fully saturated rings. The van der Waals surface area contributed by atoms with E-state index in [1.165, 1.54) is 25.5 Å². The summed E-state index contributed by atoms with van der Waals surface area (Å²) in [5.41, 5.74) is 1.32. The molecule has 3 atom stereocenters. The van der Waals surface area contributed by atoms with Gasteiger partial charge in [0.1, 0.15) is 11.6 Å². The van der Waals surface area contributed by atoms with E-state index in [1.807, 2.05) is 0 Å².